The molecular formula is C11H12BrClN2O3. The van der Waals surface area contributed by atoms with Crippen molar-refractivity contribution in [3.8, 4) is 0 Å². The van der Waals surface area contributed by atoms with Crippen molar-refractivity contribution in [3.63, 3.8) is 0 Å². The van der Waals surface area contributed by atoms with E-state index < -0.39 is 17.9 Å². The fourth-order valence-electron chi connectivity index (χ4n) is 1.35. The molecule has 0 spiro atoms. The van der Waals surface area contributed by atoms with Crippen LogP contribution in [0.25, 0.3) is 0 Å². The minimum absolute atomic E-state index is 0.0841. The van der Waals surface area contributed by atoms with Crippen LogP contribution >= 0.6 is 27.5 Å². The number of carbonyl (C=O) groups is 2. The lowest BCUT2D eigenvalue weighted by molar-refractivity contribution is -0.137. The van der Waals surface area contributed by atoms with E-state index in [1.807, 2.05) is 0 Å². The highest BCUT2D eigenvalue weighted by atomic mass is 79.9. The molecule has 98 valence electrons. The van der Waals surface area contributed by atoms with Crippen LogP contribution < -0.4 is 5.32 Å². The number of carboxylic acids is 1. The molecule has 0 saturated carbocycles. The Hall–Kier alpha value is -1.14. The largest absolute Gasteiger partial charge is 0.481 e. The molecule has 0 aliphatic carbocycles. The SMILES string of the molecule is CCC(CC(=O)O)NC(=O)c1cc(Br)cnc1Cl. The second-order valence-electron chi connectivity index (χ2n) is 3.67. The van der Waals surface area contributed by atoms with E-state index in [2.05, 4.69) is 26.2 Å². The summed E-state index contributed by atoms with van der Waals surface area (Å²) in [6.07, 6.45) is 1.88. The highest BCUT2D eigenvalue weighted by Crippen LogP contribution is 2.18. The van der Waals surface area contributed by atoms with E-state index in [9.17, 15) is 9.59 Å². The molecule has 5 nitrogen and oxygen atoms in total. The summed E-state index contributed by atoms with van der Waals surface area (Å²) in [5.41, 5.74) is 0.217. The lowest BCUT2D eigenvalue weighted by Crippen LogP contribution is -2.36. The molecule has 1 aromatic rings. The van der Waals surface area contributed by atoms with Gasteiger partial charge < -0.3 is 10.4 Å². The average molecular weight is 336 g/mol. The number of carboxylic acid groups (broad SMARTS) is 1. The predicted molar refractivity (Wildman–Crippen MR) is 70.7 cm³/mol. The Morgan fingerprint density at radius 1 is 1.61 bits per heavy atom. The summed E-state index contributed by atoms with van der Waals surface area (Å²) in [5, 5.41) is 11.4. The number of carbonyl (C=O) groups excluding carboxylic acids is 1. The zero-order chi connectivity index (χ0) is 13.7. The summed E-state index contributed by atoms with van der Waals surface area (Å²) in [7, 11) is 0. The highest BCUT2D eigenvalue weighted by Gasteiger charge is 2.17. The van der Waals surface area contributed by atoms with E-state index in [1.165, 1.54) is 12.3 Å². The van der Waals surface area contributed by atoms with Crippen LogP contribution in [-0.2, 0) is 4.79 Å². The molecule has 18 heavy (non-hydrogen) atoms. The fraction of sp³-hybridized carbons (Fsp3) is 0.364. The Bertz CT molecular complexity index is 468. The Kier molecular flexibility index (Phi) is 5.55. The number of aliphatic carboxylic acids is 1. The third-order valence-electron chi connectivity index (χ3n) is 2.30. The van der Waals surface area contributed by atoms with E-state index in [0.29, 0.717) is 10.9 Å². The number of halogens is 2. The highest BCUT2D eigenvalue weighted by molar-refractivity contribution is 9.10. The van der Waals surface area contributed by atoms with Crippen LogP contribution in [0.1, 0.15) is 30.1 Å². The Labute approximate surface area is 118 Å². The van der Waals surface area contributed by atoms with Crippen molar-refractivity contribution in [2.75, 3.05) is 0 Å². The molecule has 7 heteroatoms. The van der Waals surface area contributed by atoms with Crippen molar-refractivity contribution < 1.29 is 14.7 Å². The average Bonchev–Trinajstić information content (AvgIpc) is 2.30. The van der Waals surface area contributed by atoms with Gasteiger partial charge in [0.2, 0.25) is 0 Å². The van der Waals surface area contributed by atoms with Crippen LogP contribution in [0.3, 0.4) is 0 Å². The zero-order valence-corrected chi connectivity index (χ0v) is 12.0. The molecule has 0 aliphatic heterocycles. The van der Waals surface area contributed by atoms with Gasteiger partial charge in [-0.15, -0.1) is 0 Å². The molecule has 1 amide bonds. The first-order valence-electron chi connectivity index (χ1n) is 5.27. The predicted octanol–water partition coefficient (Wildman–Crippen LogP) is 2.48. The molecule has 1 aromatic heterocycles. The van der Waals surface area contributed by atoms with Crippen LogP contribution in [0.4, 0.5) is 0 Å². The number of hydrogen-bond donors (Lipinski definition) is 2. The van der Waals surface area contributed by atoms with Gasteiger partial charge in [-0.05, 0) is 28.4 Å². The molecule has 1 heterocycles. The van der Waals surface area contributed by atoms with Crippen LogP contribution in [0.15, 0.2) is 16.7 Å². The molecule has 0 saturated heterocycles. The minimum atomic E-state index is -0.958. The van der Waals surface area contributed by atoms with Gasteiger partial charge in [0.05, 0.1) is 12.0 Å². The number of rotatable bonds is 5. The molecule has 2 N–H and O–H groups in total. The quantitative estimate of drug-likeness (QED) is 0.810. The molecule has 1 rings (SSSR count). The van der Waals surface area contributed by atoms with Crippen molar-refractivity contribution >= 4 is 39.4 Å². The van der Waals surface area contributed by atoms with Crippen LogP contribution in [0.2, 0.25) is 5.15 Å². The summed E-state index contributed by atoms with van der Waals surface area (Å²) in [5.74, 6) is -1.39. The molecule has 0 aliphatic rings. The van der Waals surface area contributed by atoms with E-state index in [-0.39, 0.29) is 17.1 Å². The maximum absolute atomic E-state index is 11.9. The minimum Gasteiger partial charge on any atom is -0.481 e. The fourth-order valence-corrected chi connectivity index (χ4v) is 1.87. The smallest absolute Gasteiger partial charge is 0.305 e. The van der Waals surface area contributed by atoms with Crippen molar-refractivity contribution in [3.05, 3.63) is 27.5 Å². The maximum atomic E-state index is 11.9. The number of hydrogen-bond acceptors (Lipinski definition) is 3. The number of pyridine rings is 1. The first-order valence-corrected chi connectivity index (χ1v) is 6.44. The van der Waals surface area contributed by atoms with Gasteiger partial charge in [-0.1, -0.05) is 18.5 Å². The number of nitrogens with one attached hydrogen (secondary N) is 1. The number of aromatic nitrogens is 1. The Morgan fingerprint density at radius 2 is 2.28 bits per heavy atom. The molecule has 0 radical (unpaired) electrons. The Morgan fingerprint density at radius 3 is 2.83 bits per heavy atom. The van der Waals surface area contributed by atoms with Crippen LogP contribution in [0.5, 0.6) is 0 Å². The van der Waals surface area contributed by atoms with Crippen molar-refractivity contribution in [1.29, 1.82) is 0 Å². The zero-order valence-electron chi connectivity index (χ0n) is 9.61. The second kappa shape index (κ2) is 6.70. The Balaban J connectivity index is 2.80. The van der Waals surface area contributed by atoms with Gasteiger partial charge in [0.15, 0.2) is 0 Å². The van der Waals surface area contributed by atoms with Gasteiger partial charge in [0.1, 0.15) is 5.15 Å². The number of amides is 1. The monoisotopic (exact) mass is 334 g/mol. The van der Waals surface area contributed by atoms with Gasteiger partial charge in [0, 0.05) is 16.7 Å². The van der Waals surface area contributed by atoms with E-state index in [4.69, 9.17) is 16.7 Å². The lowest BCUT2D eigenvalue weighted by Gasteiger charge is -2.15. The van der Waals surface area contributed by atoms with E-state index >= 15 is 0 Å². The second-order valence-corrected chi connectivity index (χ2v) is 4.94. The molecule has 0 fully saturated rings. The lowest BCUT2D eigenvalue weighted by atomic mass is 10.1. The third kappa shape index (κ3) is 4.27. The topological polar surface area (TPSA) is 79.3 Å². The van der Waals surface area contributed by atoms with Crippen LogP contribution in [-0.4, -0.2) is 28.0 Å². The molecule has 1 unspecified atom stereocenters. The first kappa shape index (κ1) is 14.9. The summed E-state index contributed by atoms with van der Waals surface area (Å²) in [6.45, 7) is 1.80. The normalized spacial score (nSPS) is 11.9. The van der Waals surface area contributed by atoms with E-state index in [0.717, 1.165) is 0 Å². The van der Waals surface area contributed by atoms with Crippen molar-refractivity contribution in [2.45, 2.75) is 25.8 Å². The third-order valence-corrected chi connectivity index (χ3v) is 3.03. The van der Waals surface area contributed by atoms with Gasteiger partial charge in [-0.25, -0.2) is 4.98 Å². The number of nitrogens with zero attached hydrogens (tertiary/aromatic N) is 1. The summed E-state index contributed by atoms with van der Waals surface area (Å²) < 4.78 is 0.628. The molecule has 0 aromatic carbocycles. The van der Waals surface area contributed by atoms with Crippen molar-refractivity contribution in [2.24, 2.45) is 0 Å². The molecular weight excluding hydrogens is 323 g/mol. The van der Waals surface area contributed by atoms with Gasteiger partial charge in [0.25, 0.3) is 5.91 Å². The summed E-state index contributed by atoms with van der Waals surface area (Å²) in [6, 6.07) is 1.11. The maximum Gasteiger partial charge on any atom is 0.305 e. The van der Waals surface area contributed by atoms with Gasteiger partial charge in [-0.3, -0.25) is 9.59 Å². The summed E-state index contributed by atoms with van der Waals surface area (Å²) >= 11 is 9.01. The summed E-state index contributed by atoms with van der Waals surface area (Å²) in [4.78, 5) is 26.4. The van der Waals surface area contributed by atoms with E-state index in [1.54, 1.807) is 6.92 Å². The standard InChI is InChI=1S/C11H12BrClN2O3/c1-2-7(4-9(16)17)15-11(18)8-3-6(12)5-14-10(8)13/h3,5,7H,2,4H2,1H3,(H,15,18)(H,16,17). The molecule has 0 bridgehead atoms. The first-order chi connectivity index (χ1) is 8.43. The van der Waals surface area contributed by atoms with Gasteiger partial charge in [-0.2, -0.15) is 0 Å². The van der Waals surface area contributed by atoms with Gasteiger partial charge >= 0.3 is 5.97 Å². The van der Waals surface area contributed by atoms with Crippen molar-refractivity contribution in [1.82, 2.24) is 10.3 Å². The molecule has 1 atom stereocenters. The van der Waals surface area contributed by atoms with Crippen LogP contribution in [0, 0.1) is 0 Å².